The topological polar surface area (TPSA) is 81.9 Å². The fourth-order valence-electron chi connectivity index (χ4n) is 2.98. The number of halogens is 1. The number of ether oxygens (including phenoxy) is 1. The average Bonchev–Trinajstić information content (AvgIpc) is 3.39. The van der Waals surface area contributed by atoms with Crippen LogP contribution in [0.5, 0.6) is 5.75 Å². The Morgan fingerprint density at radius 2 is 2.15 bits per heavy atom. The van der Waals surface area contributed by atoms with Crippen LogP contribution in [0.2, 0.25) is 0 Å². The summed E-state index contributed by atoms with van der Waals surface area (Å²) in [5, 5.41) is 4.13. The predicted octanol–water partition coefficient (Wildman–Crippen LogP) is 3.11. The summed E-state index contributed by atoms with van der Waals surface area (Å²) < 4.78 is 20.8. The first-order valence-corrected chi connectivity index (χ1v) is 9.22. The Hall–Kier alpha value is -3.07. The number of thiophene rings is 1. The number of anilines is 1. The zero-order valence-corrected chi connectivity index (χ0v) is 15.1. The number of nitrogens with zero attached hydrogens (tertiary/aromatic N) is 4. The van der Waals surface area contributed by atoms with Gasteiger partial charge in [0.1, 0.15) is 33.5 Å². The molecule has 7 nitrogen and oxygen atoms in total. The second kappa shape index (κ2) is 5.98. The molecule has 1 fully saturated rings. The minimum absolute atomic E-state index is 0.119. The Morgan fingerprint density at radius 1 is 1.30 bits per heavy atom. The van der Waals surface area contributed by atoms with Crippen LogP contribution in [0.3, 0.4) is 0 Å². The van der Waals surface area contributed by atoms with Crippen LogP contribution in [0.15, 0.2) is 35.6 Å². The van der Waals surface area contributed by atoms with Gasteiger partial charge in [-0.15, -0.1) is 11.3 Å². The van der Waals surface area contributed by atoms with Gasteiger partial charge in [0, 0.05) is 12.1 Å². The van der Waals surface area contributed by atoms with Crippen molar-refractivity contribution in [1.82, 2.24) is 19.5 Å². The van der Waals surface area contributed by atoms with Gasteiger partial charge in [-0.2, -0.15) is 0 Å². The van der Waals surface area contributed by atoms with Crippen LogP contribution in [0.4, 0.5) is 10.2 Å². The smallest absolute Gasteiger partial charge is 0.275 e. The Balaban J connectivity index is 1.71. The number of aromatic nitrogens is 4. The molecule has 0 spiro atoms. The summed E-state index contributed by atoms with van der Waals surface area (Å²) >= 11 is 1.27. The highest BCUT2D eigenvalue weighted by atomic mass is 32.1. The van der Waals surface area contributed by atoms with Crippen molar-refractivity contribution in [2.24, 2.45) is 0 Å². The van der Waals surface area contributed by atoms with Gasteiger partial charge in [0.05, 0.1) is 18.2 Å². The Morgan fingerprint density at radius 3 is 2.89 bits per heavy atom. The van der Waals surface area contributed by atoms with Gasteiger partial charge in [-0.3, -0.25) is 9.36 Å². The molecule has 0 bridgehead atoms. The number of benzene rings is 1. The van der Waals surface area contributed by atoms with Crippen molar-refractivity contribution >= 4 is 37.6 Å². The predicted molar refractivity (Wildman–Crippen MR) is 101 cm³/mol. The first kappa shape index (κ1) is 16.1. The number of hydrogen-bond donors (Lipinski definition) is 1. The van der Waals surface area contributed by atoms with Crippen molar-refractivity contribution in [3.63, 3.8) is 0 Å². The fraction of sp³-hybridized carbons (Fsp3) is 0.222. The third-order valence-corrected chi connectivity index (χ3v) is 5.59. The summed E-state index contributed by atoms with van der Waals surface area (Å²) in [7, 11) is 1.39. The van der Waals surface area contributed by atoms with Crippen molar-refractivity contribution < 1.29 is 9.13 Å². The van der Waals surface area contributed by atoms with Crippen LogP contribution in [0.25, 0.3) is 26.1 Å². The molecular weight excluding hydrogens is 369 g/mol. The van der Waals surface area contributed by atoms with E-state index in [4.69, 9.17) is 4.74 Å². The van der Waals surface area contributed by atoms with Crippen LogP contribution < -0.4 is 15.6 Å². The van der Waals surface area contributed by atoms with Crippen molar-refractivity contribution in [3.05, 3.63) is 47.0 Å². The molecule has 0 saturated heterocycles. The molecule has 0 atom stereocenters. The van der Waals surface area contributed by atoms with Gasteiger partial charge in [-0.25, -0.2) is 19.3 Å². The first-order chi connectivity index (χ1) is 13.2. The van der Waals surface area contributed by atoms with Crippen molar-refractivity contribution in [2.75, 3.05) is 12.4 Å². The number of hydrogen-bond acceptors (Lipinski definition) is 7. The fourth-order valence-corrected chi connectivity index (χ4v) is 4.01. The van der Waals surface area contributed by atoms with Crippen molar-refractivity contribution in [3.8, 4) is 11.4 Å². The van der Waals surface area contributed by atoms with E-state index in [1.807, 2.05) is 0 Å². The molecular formula is C18H14FN5O2S. The SMILES string of the molecule is COc1ccc(-n2cnc3c(sc4ncnc(NC5CC5)c43)c2=O)cc1F. The molecule has 1 aliphatic rings. The highest BCUT2D eigenvalue weighted by Gasteiger charge is 2.24. The standard InChI is InChI=1S/C18H14FN5O2S/c1-26-12-5-4-10(6-11(12)19)24-8-22-14-13-16(23-9-2-3-9)20-7-21-17(13)27-15(14)18(24)25/h4-9H,2-3H2,1H3,(H,20,21,23). The molecule has 136 valence electrons. The number of nitrogens with one attached hydrogen (secondary N) is 1. The molecule has 1 aromatic carbocycles. The largest absolute Gasteiger partial charge is 0.494 e. The van der Waals surface area contributed by atoms with E-state index < -0.39 is 5.82 Å². The molecule has 0 unspecified atom stereocenters. The van der Waals surface area contributed by atoms with E-state index >= 15 is 0 Å². The molecule has 1 saturated carbocycles. The minimum Gasteiger partial charge on any atom is -0.494 e. The molecule has 3 heterocycles. The molecule has 9 heteroatoms. The Kier molecular flexibility index (Phi) is 3.57. The Bertz CT molecular complexity index is 1250. The highest BCUT2D eigenvalue weighted by Crippen LogP contribution is 2.35. The second-order valence-corrected chi connectivity index (χ2v) is 7.34. The maximum absolute atomic E-state index is 14.0. The van der Waals surface area contributed by atoms with Gasteiger partial charge in [-0.1, -0.05) is 0 Å². The number of fused-ring (bicyclic) bond motifs is 3. The quantitative estimate of drug-likeness (QED) is 0.583. The zero-order valence-electron chi connectivity index (χ0n) is 14.3. The highest BCUT2D eigenvalue weighted by molar-refractivity contribution is 7.25. The van der Waals surface area contributed by atoms with Crippen molar-refractivity contribution in [1.29, 1.82) is 0 Å². The van der Waals surface area contributed by atoms with Gasteiger partial charge in [0.15, 0.2) is 11.6 Å². The van der Waals surface area contributed by atoms with Gasteiger partial charge >= 0.3 is 0 Å². The summed E-state index contributed by atoms with van der Waals surface area (Å²) in [5.41, 5.74) is 0.673. The van der Waals surface area contributed by atoms with Gasteiger partial charge < -0.3 is 10.1 Å². The van der Waals surface area contributed by atoms with E-state index in [1.54, 1.807) is 6.07 Å². The number of methoxy groups -OCH3 is 1. The lowest BCUT2D eigenvalue weighted by molar-refractivity contribution is 0.386. The van der Waals surface area contributed by atoms with E-state index in [9.17, 15) is 9.18 Å². The van der Waals surface area contributed by atoms with E-state index in [0.29, 0.717) is 32.6 Å². The van der Waals surface area contributed by atoms with E-state index in [-0.39, 0.29) is 11.3 Å². The molecule has 1 aliphatic carbocycles. The molecule has 4 aromatic rings. The third kappa shape index (κ3) is 2.62. The lowest BCUT2D eigenvalue weighted by Crippen LogP contribution is -2.18. The monoisotopic (exact) mass is 383 g/mol. The van der Waals surface area contributed by atoms with E-state index in [1.165, 1.54) is 47.8 Å². The molecule has 1 N–H and O–H groups in total. The molecule has 5 rings (SSSR count). The normalized spacial score (nSPS) is 14.0. The first-order valence-electron chi connectivity index (χ1n) is 8.41. The van der Waals surface area contributed by atoms with Crippen LogP contribution in [-0.4, -0.2) is 32.7 Å². The summed E-state index contributed by atoms with van der Waals surface area (Å²) in [6, 6.07) is 4.76. The zero-order chi connectivity index (χ0) is 18.5. The Labute approximate surface area is 156 Å². The maximum Gasteiger partial charge on any atom is 0.275 e. The summed E-state index contributed by atoms with van der Waals surface area (Å²) in [4.78, 5) is 26.8. The maximum atomic E-state index is 14.0. The summed E-state index contributed by atoms with van der Waals surface area (Å²) in [6.45, 7) is 0. The van der Waals surface area contributed by atoms with Crippen molar-refractivity contribution in [2.45, 2.75) is 18.9 Å². The van der Waals surface area contributed by atoms with E-state index in [0.717, 1.165) is 18.2 Å². The average molecular weight is 383 g/mol. The molecule has 0 radical (unpaired) electrons. The van der Waals surface area contributed by atoms with Crippen LogP contribution in [0.1, 0.15) is 12.8 Å². The van der Waals surface area contributed by atoms with Crippen LogP contribution >= 0.6 is 11.3 Å². The number of rotatable bonds is 4. The molecule has 0 aliphatic heterocycles. The van der Waals surface area contributed by atoms with Gasteiger partial charge in [0.2, 0.25) is 0 Å². The second-order valence-electron chi connectivity index (χ2n) is 6.34. The lowest BCUT2D eigenvalue weighted by atomic mass is 10.2. The lowest BCUT2D eigenvalue weighted by Gasteiger charge is -2.08. The van der Waals surface area contributed by atoms with Crippen LogP contribution in [0, 0.1) is 5.82 Å². The molecule has 27 heavy (non-hydrogen) atoms. The van der Waals surface area contributed by atoms with Gasteiger partial charge in [0.25, 0.3) is 5.56 Å². The molecule has 0 amide bonds. The minimum atomic E-state index is -0.542. The summed E-state index contributed by atoms with van der Waals surface area (Å²) in [5.74, 6) is 0.280. The van der Waals surface area contributed by atoms with Crippen LogP contribution in [-0.2, 0) is 0 Å². The third-order valence-electron chi connectivity index (χ3n) is 4.51. The van der Waals surface area contributed by atoms with Gasteiger partial charge in [-0.05, 0) is 25.0 Å². The summed E-state index contributed by atoms with van der Waals surface area (Å²) in [6.07, 6.45) is 5.11. The molecule has 3 aromatic heterocycles. The van der Waals surface area contributed by atoms with E-state index in [2.05, 4.69) is 20.3 Å².